The van der Waals surface area contributed by atoms with Gasteiger partial charge in [0, 0.05) is 79.9 Å². The summed E-state index contributed by atoms with van der Waals surface area (Å²) in [5, 5.41) is 42.3. The molecule has 3 aromatic carbocycles. The van der Waals surface area contributed by atoms with Gasteiger partial charge in [0.05, 0.1) is 21.6 Å². The van der Waals surface area contributed by atoms with E-state index in [1.165, 1.54) is 30.5 Å². The quantitative estimate of drug-likeness (QED) is 0.0592. The molecule has 13 nitrogen and oxygen atoms in total. The molecular weight excluding hydrogens is 810 g/mol. The van der Waals surface area contributed by atoms with E-state index in [2.05, 4.69) is 48.0 Å². The zero-order valence-electron chi connectivity index (χ0n) is 35.0. The second-order valence-electron chi connectivity index (χ2n) is 16.8. The molecule has 4 aromatic rings. The van der Waals surface area contributed by atoms with Gasteiger partial charge in [0.15, 0.2) is 0 Å². The first-order valence-corrected chi connectivity index (χ1v) is 21.4. The zero-order valence-corrected chi connectivity index (χ0v) is 35.8. The van der Waals surface area contributed by atoms with Gasteiger partial charge >= 0.3 is 5.97 Å². The number of carbonyl (C=O) groups is 1. The lowest BCUT2D eigenvalue weighted by Gasteiger charge is -2.47. The molecule has 0 saturated carbocycles. The van der Waals surface area contributed by atoms with Crippen molar-refractivity contribution in [1.82, 2.24) is 14.8 Å². The predicted octanol–water partition coefficient (Wildman–Crippen LogP) is 8.33. The highest BCUT2D eigenvalue weighted by Gasteiger charge is 2.50. The molecule has 1 aliphatic carbocycles. The molecule has 0 spiro atoms. The smallest absolute Gasteiger partial charge is 0.328 e. The Bertz CT molecular complexity index is 2350. The van der Waals surface area contributed by atoms with Gasteiger partial charge in [0.25, 0.3) is 5.69 Å². The van der Waals surface area contributed by atoms with Crippen LogP contribution in [0.1, 0.15) is 73.8 Å². The number of benzene rings is 3. The Labute approximate surface area is 367 Å². The first-order chi connectivity index (χ1) is 29.8. The summed E-state index contributed by atoms with van der Waals surface area (Å²) in [5.41, 5.74) is 1.11. The highest BCUT2D eigenvalue weighted by Crippen LogP contribution is 2.50. The fourth-order valence-corrected chi connectivity index (χ4v) is 9.24. The number of nitriles is 1. The van der Waals surface area contributed by atoms with Gasteiger partial charge in [-0.05, 0) is 85.7 Å². The largest absolute Gasteiger partial charge is 0.488 e. The van der Waals surface area contributed by atoms with Crippen LogP contribution in [0.15, 0.2) is 103 Å². The van der Waals surface area contributed by atoms with Gasteiger partial charge in [0.2, 0.25) is 0 Å². The monoisotopic (exact) mass is 861 g/mol. The number of nitrogens with zero attached hydrogens (tertiary/aromatic N) is 5. The first-order valence-electron chi connectivity index (χ1n) is 21.0. The van der Waals surface area contributed by atoms with Gasteiger partial charge in [-0.15, -0.1) is 0 Å². The van der Waals surface area contributed by atoms with Crippen LogP contribution in [-0.4, -0.2) is 87.0 Å². The minimum atomic E-state index is -1.47. The summed E-state index contributed by atoms with van der Waals surface area (Å²) in [5.74, 6) is -0.331. The Hall–Kier alpha value is -5.62. The SMILES string of the molecule is CC1(C)C(c2ccccc2)=CC=CC1(COc1cc(OCc2cncc(C#N)c2)c(CN2CCCC[C@@]2(C(=O)O)c2ccc([N+](=O)[O-])cc2)cc1Cl)OCCCN1CC[C@@H](O)C1. The van der Waals surface area contributed by atoms with Crippen LogP contribution in [0, 0.1) is 26.9 Å². The minimum absolute atomic E-state index is 0.0467. The Morgan fingerprint density at radius 2 is 1.84 bits per heavy atom. The molecule has 1 aromatic heterocycles. The van der Waals surface area contributed by atoms with Crippen LogP contribution in [0.2, 0.25) is 5.02 Å². The predicted molar refractivity (Wildman–Crippen MR) is 235 cm³/mol. The van der Waals surface area contributed by atoms with Crippen molar-refractivity contribution in [3.63, 3.8) is 0 Å². The van der Waals surface area contributed by atoms with Crippen LogP contribution in [0.25, 0.3) is 5.57 Å². The molecule has 14 heteroatoms. The van der Waals surface area contributed by atoms with E-state index < -0.39 is 27.4 Å². The van der Waals surface area contributed by atoms with Crippen molar-refractivity contribution < 1.29 is 34.1 Å². The maximum Gasteiger partial charge on any atom is 0.328 e. The van der Waals surface area contributed by atoms with Gasteiger partial charge < -0.3 is 29.3 Å². The minimum Gasteiger partial charge on any atom is -0.488 e. The number of aromatic nitrogens is 1. The van der Waals surface area contributed by atoms with Crippen LogP contribution >= 0.6 is 11.6 Å². The second kappa shape index (κ2) is 19.2. The maximum atomic E-state index is 13.4. The maximum absolute atomic E-state index is 13.4. The van der Waals surface area contributed by atoms with E-state index in [1.54, 1.807) is 24.4 Å². The number of piperidine rings is 1. The molecule has 0 amide bonds. The number of aliphatic carboxylic acids is 1. The van der Waals surface area contributed by atoms with Crippen molar-refractivity contribution in [2.24, 2.45) is 5.41 Å². The number of likely N-dealkylation sites (tertiary alicyclic amines) is 2. The van der Waals surface area contributed by atoms with E-state index in [9.17, 15) is 30.4 Å². The van der Waals surface area contributed by atoms with Gasteiger partial charge in [-0.25, -0.2) is 4.79 Å². The van der Waals surface area contributed by atoms with E-state index in [1.807, 2.05) is 35.3 Å². The second-order valence-corrected chi connectivity index (χ2v) is 17.2. The third-order valence-corrected chi connectivity index (χ3v) is 12.9. The highest BCUT2D eigenvalue weighted by molar-refractivity contribution is 6.32. The van der Waals surface area contributed by atoms with Gasteiger partial charge in [-0.3, -0.25) is 20.0 Å². The number of aliphatic hydroxyl groups excluding tert-OH is 1. The zero-order chi connectivity index (χ0) is 43.9. The highest BCUT2D eigenvalue weighted by atomic mass is 35.5. The molecule has 62 heavy (non-hydrogen) atoms. The molecule has 3 atom stereocenters. The molecule has 2 fully saturated rings. The number of hydrogen-bond acceptors (Lipinski definition) is 11. The summed E-state index contributed by atoms with van der Waals surface area (Å²) >= 11 is 7.12. The number of pyridine rings is 1. The van der Waals surface area contributed by atoms with Crippen molar-refractivity contribution in [2.45, 2.75) is 76.3 Å². The lowest BCUT2D eigenvalue weighted by Crippen LogP contribution is -2.54. The fraction of sp³-hybridized carbons (Fsp3) is 0.396. The number of nitro groups is 1. The number of aliphatic hydroxyl groups is 1. The summed E-state index contributed by atoms with van der Waals surface area (Å²) in [6.45, 7) is 7.74. The Kier molecular flexibility index (Phi) is 13.8. The Morgan fingerprint density at radius 3 is 2.55 bits per heavy atom. The molecule has 2 aliphatic heterocycles. The number of non-ortho nitro benzene ring substituents is 1. The third-order valence-electron chi connectivity index (χ3n) is 12.6. The lowest BCUT2D eigenvalue weighted by atomic mass is 9.65. The summed E-state index contributed by atoms with van der Waals surface area (Å²) in [7, 11) is 0. The van der Waals surface area contributed by atoms with E-state index >= 15 is 0 Å². The fourth-order valence-electron chi connectivity index (χ4n) is 9.00. The Morgan fingerprint density at radius 1 is 1.05 bits per heavy atom. The molecule has 324 valence electrons. The molecular formula is C48H52ClN5O8. The average Bonchev–Trinajstić information content (AvgIpc) is 3.70. The van der Waals surface area contributed by atoms with Crippen molar-refractivity contribution in [3.8, 4) is 17.6 Å². The summed E-state index contributed by atoms with van der Waals surface area (Å²) in [6.07, 6.45) is 12.2. The number of nitro benzene ring substituents is 1. The number of carboxylic acid groups (broad SMARTS) is 1. The summed E-state index contributed by atoms with van der Waals surface area (Å²) in [6, 6.07) is 23.2. The van der Waals surface area contributed by atoms with E-state index in [-0.39, 0.29) is 36.6 Å². The van der Waals surface area contributed by atoms with Crippen molar-refractivity contribution in [3.05, 3.63) is 146 Å². The van der Waals surface area contributed by atoms with E-state index in [0.29, 0.717) is 66.3 Å². The van der Waals surface area contributed by atoms with E-state index in [4.69, 9.17) is 25.8 Å². The van der Waals surface area contributed by atoms with Crippen LogP contribution < -0.4 is 9.47 Å². The molecule has 3 heterocycles. The molecule has 2 saturated heterocycles. The van der Waals surface area contributed by atoms with Crippen molar-refractivity contribution >= 4 is 28.8 Å². The number of carboxylic acids is 1. The number of hydrogen-bond donors (Lipinski definition) is 2. The first kappa shape index (κ1) is 44.4. The third kappa shape index (κ3) is 9.40. The van der Waals surface area contributed by atoms with E-state index in [0.717, 1.165) is 43.5 Å². The normalized spacial score (nSPS) is 22.4. The van der Waals surface area contributed by atoms with Crippen molar-refractivity contribution in [1.29, 1.82) is 5.26 Å². The molecule has 0 radical (unpaired) electrons. The standard InChI is InChI=1S/C48H52ClN5O8/c1-46(2)41(36-10-4-3-5-11-36)12-8-18-47(46,62-23-9-20-52-22-17-40(55)31-52)33-61-44-26-43(60-32-35-24-34(27-50)28-51-29-35)37(25-42(44)49)30-53-21-7-6-19-48(53,45(56)57)38-13-15-39(16-14-38)54(58)59/h3-5,8,10-16,18,24-26,28-29,40,55H,6-7,9,17,19-23,30-33H2,1-2H3,(H,56,57)/t40-,47?,48+/m1/s1. The number of allylic oxidation sites excluding steroid dienone is 2. The summed E-state index contributed by atoms with van der Waals surface area (Å²) < 4.78 is 20.1. The molecule has 3 aliphatic rings. The molecule has 2 N–H and O–H groups in total. The number of ether oxygens (including phenoxy) is 3. The topological polar surface area (TPSA) is 172 Å². The Balaban J connectivity index is 1.21. The van der Waals surface area contributed by atoms with Crippen molar-refractivity contribution in [2.75, 3.05) is 39.4 Å². The molecule has 0 bridgehead atoms. The van der Waals surface area contributed by atoms with Crippen LogP contribution in [0.4, 0.5) is 5.69 Å². The molecule has 1 unspecified atom stereocenters. The van der Waals surface area contributed by atoms with Crippen LogP contribution in [-0.2, 0) is 28.2 Å². The van der Waals surface area contributed by atoms with Crippen LogP contribution in [0.3, 0.4) is 0 Å². The summed E-state index contributed by atoms with van der Waals surface area (Å²) in [4.78, 5) is 32.6. The number of rotatable bonds is 17. The van der Waals surface area contributed by atoms with Gasteiger partial charge in [0.1, 0.15) is 41.9 Å². The average molecular weight is 862 g/mol. The number of halogens is 1. The van der Waals surface area contributed by atoms with Crippen LogP contribution in [0.5, 0.6) is 11.5 Å². The number of β-amino-alcohol motifs (C(OH)–C–C–N with tert-alkyl or cyclic N) is 1. The van der Waals surface area contributed by atoms with Gasteiger partial charge in [-0.1, -0.05) is 67.9 Å². The lowest BCUT2D eigenvalue weighted by molar-refractivity contribution is -0.384. The molecule has 7 rings (SSSR count). The van der Waals surface area contributed by atoms with Gasteiger partial charge in [-0.2, -0.15) is 5.26 Å².